The maximum absolute atomic E-state index is 5.45. The van der Waals surface area contributed by atoms with E-state index >= 15 is 0 Å². The smallest absolute Gasteiger partial charge is 0.235 e. The largest absolute Gasteiger partial charge is 0.306 e. The van der Waals surface area contributed by atoms with Gasteiger partial charge < -0.3 is 4.57 Å². The Hall–Kier alpha value is -7.09. The zero-order valence-electron chi connectivity index (χ0n) is 29.3. The van der Waals surface area contributed by atoms with Crippen LogP contribution in [0.4, 0.5) is 0 Å². The van der Waals surface area contributed by atoms with Crippen LogP contribution < -0.4 is 0 Å². The molecule has 0 saturated carbocycles. The Balaban J connectivity index is 1.21. The molecule has 0 unspecified atom stereocenters. The minimum Gasteiger partial charge on any atom is -0.306 e. The van der Waals surface area contributed by atoms with Gasteiger partial charge in [0.05, 0.1) is 44.7 Å². The summed E-state index contributed by atoms with van der Waals surface area (Å²) in [6, 6.07) is 59.4. The molecule has 11 aromatic rings. The molecule has 0 atom stereocenters. The molecule has 1 aliphatic rings. The SMILES string of the molecule is c1ccc(-c2nc(-c3cc4c(ccc5c6ccccc6n(-c6nc7c8c(cccc8n6)Sc6ccccc6-7)c54)n3-c3ccccc3)nc3ccccc23)cc1. The highest BCUT2D eigenvalue weighted by molar-refractivity contribution is 7.99. The molecule has 6 nitrogen and oxygen atoms in total. The van der Waals surface area contributed by atoms with Crippen molar-refractivity contribution >= 4 is 66.3 Å². The van der Waals surface area contributed by atoms with E-state index in [0.29, 0.717) is 11.8 Å². The molecule has 5 heterocycles. The third-order valence-corrected chi connectivity index (χ3v) is 11.9. The van der Waals surface area contributed by atoms with E-state index in [-0.39, 0.29) is 0 Å². The van der Waals surface area contributed by atoms with Gasteiger partial charge in [0.2, 0.25) is 5.95 Å². The number of benzene rings is 7. The molecule has 0 bridgehead atoms. The zero-order chi connectivity index (χ0) is 36.0. The van der Waals surface area contributed by atoms with Crippen LogP contribution in [-0.4, -0.2) is 29.1 Å². The molecular formula is C48H28N6S. The molecule has 256 valence electrons. The molecule has 0 spiro atoms. The predicted molar refractivity (Wildman–Crippen MR) is 224 cm³/mol. The Morgan fingerprint density at radius 1 is 0.436 bits per heavy atom. The Kier molecular flexibility index (Phi) is 6.47. The number of rotatable bonds is 4. The van der Waals surface area contributed by atoms with Gasteiger partial charge in [-0.1, -0.05) is 127 Å². The number of hydrogen-bond acceptors (Lipinski definition) is 5. The van der Waals surface area contributed by atoms with Crippen molar-refractivity contribution in [1.82, 2.24) is 29.1 Å². The van der Waals surface area contributed by atoms with Gasteiger partial charge in [-0.3, -0.25) is 4.57 Å². The molecule has 7 heteroatoms. The highest BCUT2D eigenvalue weighted by atomic mass is 32.2. The van der Waals surface area contributed by atoms with Gasteiger partial charge in [0.1, 0.15) is 0 Å². The van der Waals surface area contributed by atoms with Gasteiger partial charge in [0.15, 0.2) is 5.82 Å². The minimum atomic E-state index is 0.641. The van der Waals surface area contributed by atoms with Crippen molar-refractivity contribution in [3.8, 4) is 45.7 Å². The van der Waals surface area contributed by atoms with Gasteiger partial charge in [0, 0.05) is 53.5 Å². The number of para-hydroxylation sites is 3. The summed E-state index contributed by atoms with van der Waals surface area (Å²) in [4.78, 5) is 23.8. The lowest BCUT2D eigenvalue weighted by molar-refractivity contribution is 1.01. The van der Waals surface area contributed by atoms with Crippen molar-refractivity contribution < 1.29 is 0 Å². The summed E-state index contributed by atoms with van der Waals surface area (Å²) in [6.07, 6.45) is 0. The number of aromatic nitrogens is 6. The highest BCUT2D eigenvalue weighted by Gasteiger charge is 2.26. The van der Waals surface area contributed by atoms with Crippen LogP contribution in [0.1, 0.15) is 0 Å². The Morgan fingerprint density at radius 2 is 1.15 bits per heavy atom. The van der Waals surface area contributed by atoms with Crippen molar-refractivity contribution in [3.05, 3.63) is 170 Å². The zero-order valence-corrected chi connectivity index (χ0v) is 30.1. The third-order valence-electron chi connectivity index (χ3n) is 10.7. The summed E-state index contributed by atoms with van der Waals surface area (Å²) in [6.45, 7) is 0. The monoisotopic (exact) mass is 720 g/mol. The van der Waals surface area contributed by atoms with E-state index in [1.165, 1.54) is 9.79 Å². The third kappa shape index (κ3) is 4.51. The molecule has 0 aliphatic carbocycles. The summed E-state index contributed by atoms with van der Waals surface area (Å²) in [5.74, 6) is 1.30. The normalized spacial score (nSPS) is 12.3. The molecule has 0 radical (unpaired) electrons. The Bertz CT molecular complexity index is 3350. The Labute approximate surface area is 319 Å². The van der Waals surface area contributed by atoms with Crippen LogP contribution >= 0.6 is 11.8 Å². The molecule has 0 saturated heterocycles. The second-order valence-electron chi connectivity index (χ2n) is 13.8. The average molecular weight is 721 g/mol. The summed E-state index contributed by atoms with van der Waals surface area (Å²) >= 11 is 1.78. The van der Waals surface area contributed by atoms with E-state index in [1.54, 1.807) is 11.8 Å². The van der Waals surface area contributed by atoms with Gasteiger partial charge in [-0.15, -0.1) is 0 Å². The topological polar surface area (TPSA) is 61.4 Å². The second kappa shape index (κ2) is 11.7. The van der Waals surface area contributed by atoms with Crippen LogP contribution in [-0.2, 0) is 0 Å². The van der Waals surface area contributed by atoms with Gasteiger partial charge in [0.25, 0.3) is 0 Å². The van der Waals surface area contributed by atoms with E-state index in [2.05, 4.69) is 167 Å². The number of fused-ring (bicyclic) bond motifs is 8. The summed E-state index contributed by atoms with van der Waals surface area (Å²) < 4.78 is 4.55. The predicted octanol–water partition coefficient (Wildman–Crippen LogP) is 12.1. The van der Waals surface area contributed by atoms with Gasteiger partial charge in [-0.05, 0) is 54.6 Å². The quantitative estimate of drug-likeness (QED) is 0.181. The molecule has 0 fully saturated rings. The van der Waals surface area contributed by atoms with Gasteiger partial charge in [-0.25, -0.2) is 19.9 Å². The van der Waals surface area contributed by atoms with E-state index in [4.69, 9.17) is 19.9 Å². The fourth-order valence-electron chi connectivity index (χ4n) is 8.36. The second-order valence-corrected chi connectivity index (χ2v) is 14.9. The van der Waals surface area contributed by atoms with Gasteiger partial charge in [-0.2, -0.15) is 0 Å². The summed E-state index contributed by atoms with van der Waals surface area (Å²) in [5.41, 5.74) is 10.9. The molecule has 1 aliphatic heterocycles. The molecule has 7 aromatic carbocycles. The van der Waals surface area contributed by atoms with Crippen molar-refractivity contribution in [2.45, 2.75) is 9.79 Å². The summed E-state index contributed by atoms with van der Waals surface area (Å²) in [7, 11) is 0. The maximum atomic E-state index is 5.45. The van der Waals surface area contributed by atoms with Crippen LogP contribution in [0.2, 0.25) is 0 Å². The fourth-order valence-corrected chi connectivity index (χ4v) is 9.47. The van der Waals surface area contributed by atoms with E-state index < -0.39 is 0 Å². The first-order valence-corrected chi connectivity index (χ1v) is 19.1. The minimum absolute atomic E-state index is 0.641. The van der Waals surface area contributed by atoms with Crippen molar-refractivity contribution in [2.24, 2.45) is 0 Å². The van der Waals surface area contributed by atoms with Crippen LogP contribution in [0.3, 0.4) is 0 Å². The van der Waals surface area contributed by atoms with E-state index in [1.807, 2.05) is 12.1 Å². The van der Waals surface area contributed by atoms with Crippen LogP contribution in [0, 0.1) is 0 Å². The number of hydrogen-bond donors (Lipinski definition) is 0. The lowest BCUT2D eigenvalue weighted by atomic mass is 10.1. The number of nitrogens with zero attached hydrogens (tertiary/aromatic N) is 6. The van der Waals surface area contributed by atoms with Crippen molar-refractivity contribution in [2.75, 3.05) is 0 Å². The molecule has 0 amide bonds. The maximum Gasteiger partial charge on any atom is 0.235 e. The standard InChI is InChI=1S/C48H28N6S/c1-3-14-29(15-4-1)44-33-19-7-10-21-36(33)49-47(51-44)40-28-35-39(53(40)30-16-5-2-6-17-30)27-26-32-31-18-8-11-23-38(31)54(46(32)35)48-50-37-22-13-25-42-43(37)45(52-48)34-20-9-12-24-41(34)55-42/h1-28H. The molecule has 55 heavy (non-hydrogen) atoms. The lowest BCUT2D eigenvalue weighted by Gasteiger charge is -2.20. The van der Waals surface area contributed by atoms with Crippen molar-refractivity contribution in [1.29, 1.82) is 0 Å². The van der Waals surface area contributed by atoms with Crippen molar-refractivity contribution in [3.63, 3.8) is 0 Å². The fraction of sp³-hybridized carbons (Fsp3) is 0. The van der Waals surface area contributed by atoms with Gasteiger partial charge >= 0.3 is 0 Å². The summed E-state index contributed by atoms with van der Waals surface area (Å²) in [5, 5.41) is 5.45. The molecular weight excluding hydrogens is 693 g/mol. The molecule has 12 rings (SSSR count). The first kappa shape index (κ1) is 30.4. The van der Waals surface area contributed by atoms with E-state index in [0.717, 1.165) is 88.4 Å². The first-order chi connectivity index (χ1) is 27.3. The van der Waals surface area contributed by atoms with Crippen LogP contribution in [0.5, 0.6) is 0 Å². The van der Waals surface area contributed by atoms with E-state index in [9.17, 15) is 0 Å². The highest BCUT2D eigenvalue weighted by Crippen LogP contribution is 2.47. The first-order valence-electron chi connectivity index (χ1n) is 18.3. The Morgan fingerprint density at radius 3 is 2.04 bits per heavy atom. The van der Waals surface area contributed by atoms with Crippen LogP contribution in [0.15, 0.2) is 180 Å². The lowest BCUT2D eigenvalue weighted by Crippen LogP contribution is -2.05. The van der Waals surface area contributed by atoms with Crippen LogP contribution in [0.25, 0.3) is 100 Å². The molecule has 4 aromatic heterocycles. The average Bonchev–Trinajstić information content (AvgIpc) is 3.81. The molecule has 0 N–H and O–H groups in total.